The molecule has 0 atom stereocenters. The minimum atomic E-state index is -0.473. The lowest BCUT2D eigenvalue weighted by Gasteiger charge is -2.15. The maximum absolute atomic E-state index is 12.3. The summed E-state index contributed by atoms with van der Waals surface area (Å²) < 4.78 is 17.1. The van der Waals surface area contributed by atoms with E-state index in [2.05, 4.69) is 15.9 Å². The molecule has 0 aromatic heterocycles. The topological polar surface area (TPSA) is 82.1 Å². The quantitative estimate of drug-likeness (QED) is 0.406. The van der Waals surface area contributed by atoms with E-state index in [0.29, 0.717) is 45.9 Å². The number of amides is 2. The molecule has 8 heteroatoms. The molecule has 0 radical (unpaired) electrons. The van der Waals surface area contributed by atoms with E-state index in [1.54, 1.807) is 36.4 Å². The lowest BCUT2D eigenvalue weighted by molar-refractivity contribution is -0.143. The van der Waals surface area contributed by atoms with E-state index in [0.717, 1.165) is 4.90 Å². The van der Waals surface area contributed by atoms with E-state index < -0.39 is 5.97 Å². The van der Waals surface area contributed by atoms with Crippen molar-refractivity contribution in [2.24, 2.45) is 0 Å². The van der Waals surface area contributed by atoms with Crippen molar-refractivity contribution in [3.05, 3.63) is 57.6 Å². The second-order valence-corrected chi connectivity index (χ2v) is 7.32. The Labute approximate surface area is 183 Å². The molecule has 7 nitrogen and oxygen atoms in total. The van der Waals surface area contributed by atoms with E-state index in [1.165, 1.54) is 0 Å². The number of imide groups is 1. The molecule has 2 amide bonds. The second-order valence-electron chi connectivity index (χ2n) is 6.46. The van der Waals surface area contributed by atoms with Crippen LogP contribution in [0.2, 0.25) is 0 Å². The van der Waals surface area contributed by atoms with Crippen molar-refractivity contribution in [3.8, 4) is 11.5 Å². The predicted molar refractivity (Wildman–Crippen MR) is 113 cm³/mol. The van der Waals surface area contributed by atoms with Crippen LogP contribution in [0.1, 0.15) is 40.1 Å². The van der Waals surface area contributed by atoms with Crippen LogP contribution in [0.3, 0.4) is 0 Å². The summed E-state index contributed by atoms with van der Waals surface area (Å²) in [5.74, 6) is -0.0752. The molecule has 1 heterocycles. The molecule has 0 fully saturated rings. The van der Waals surface area contributed by atoms with Gasteiger partial charge in [0.2, 0.25) is 0 Å². The molecular weight excluding hydrogens is 454 g/mol. The van der Waals surface area contributed by atoms with Gasteiger partial charge in [-0.25, -0.2) is 0 Å². The molecule has 1 aliphatic rings. The van der Waals surface area contributed by atoms with E-state index >= 15 is 0 Å². The molecule has 0 bridgehead atoms. The van der Waals surface area contributed by atoms with E-state index in [4.69, 9.17) is 14.2 Å². The fourth-order valence-corrected chi connectivity index (χ4v) is 3.61. The van der Waals surface area contributed by atoms with Crippen molar-refractivity contribution >= 4 is 33.7 Å². The van der Waals surface area contributed by atoms with Crippen LogP contribution in [0.4, 0.5) is 0 Å². The number of benzene rings is 2. The van der Waals surface area contributed by atoms with Gasteiger partial charge < -0.3 is 14.2 Å². The Morgan fingerprint density at radius 3 is 2.10 bits per heavy atom. The molecule has 0 N–H and O–H groups in total. The van der Waals surface area contributed by atoms with Crippen LogP contribution in [0.5, 0.6) is 11.5 Å². The highest BCUT2D eigenvalue weighted by Gasteiger charge is 2.34. The highest BCUT2D eigenvalue weighted by atomic mass is 79.9. The zero-order chi connectivity index (χ0) is 21.7. The van der Waals surface area contributed by atoms with Crippen molar-refractivity contribution in [3.63, 3.8) is 0 Å². The monoisotopic (exact) mass is 475 g/mol. The van der Waals surface area contributed by atoms with Crippen LogP contribution in [-0.4, -0.2) is 49.0 Å². The van der Waals surface area contributed by atoms with Gasteiger partial charge in [-0.2, -0.15) is 0 Å². The molecule has 0 unspecified atom stereocenters. The fraction of sp³-hybridized carbons (Fsp3) is 0.318. The van der Waals surface area contributed by atoms with Gasteiger partial charge >= 0.3 is 5.97 Å². The van der Waals surface area contributed by atoms with Crippen LogP contribution in [0.15, 0.2) is 40.9 Å². The molecule has 0 aliphatic carbocycles. The number of fused-ring (bicyclic) bond motifs is 1. The summed E-state index contributed by atoms with van der Waals surface area (Å²) in [7, 11) is 0. The first kappa shape index (κ1) is 21.8. The van der Waals surface area contributed by atoms with Crippen molar-refractivity contribution in [2.75, 3.05) is 26.4 Å². The van der Waals surface area contributed by atoms with Gasteiger partial charge in [0.05, 0.1) is 37.3 Å². The molecule has 3 rings (SSSR count). The fourth-order valence-electron chi connectivity index (χ4n) is 3.15. The second kappa shape index (κ2) is 9.75. The highest BCUT2D eigenvalue weighted by Crippen LogP contribution is 2.34. The number of hydrogen-bond acceptors (Lipinski definition) is 6. The largest absolute Gasteiger partial charge is 0.490 e. The van der Waals surface area contributed by atoms with Crippen molar-refractivity contribution in [1.29, 1.82) is 0 Å². The number of rotatable bonds is 9. The van der Waals surface area contributed by atoms with Gasteiger partial charge in [0, 0.05) is 4.47 Å². The summed E-state index contributed by atoms with van der Waals surface area (Å²) >= 11 is 3.44. The predicted octanol–water partition coefficient (Wildman–Crippen LogP) is 3.63. The maximum atomic E-state index is 12.3. The Hall–Kier alpha value is -2.87. The Morgan fingerprint density at radius 2 is 1.53 bits per heavy atom. The van der Waals surface area contributed by atoms with Crippen LogP contribution >= 0.6 is 15.9 Å². The van der Waals surface area contributed by atoms with Gasteiger partial charge in [0.1, 0.15) is 6.61 Å². The van der Waals surface area contributed by atoms with E-state index in [1.807, 2.05) is 13.8 Å². The molecular formula is C22H22BrNO6. The first-order valence-corrected chi connectivity index (χ1v) is 10.4. The molecule has 1 aliphatic heterocycles. The number of ether oxygens (including phenoxy) is 3. The number of hydrogen-bond donors (Lipinski definition) is 0. The molecule has 30 heavy (non-hydrogen) atoms. The Balaban J connectivity index is 1.58. The SMILES string of the molecule is CCOc1cc(Br)c(CC(=O)OCCN2C(=O)c3ccccc3C2=O)cc1OCC. The first-order valence-electron chi connectivity index (χ1n) is 9.65. The van der Waals surface area contributed by atoms with Gasteiger partial charge in [-0.15, -0.1) is 0 Å². The van der Waals surface area contributed by atoms with Crippen molar-refractivity contribution in [1.82, 2.24) is 4.90 Å². The third-order valence-electron chi connectivity index (χ3n) is 4.50. The third-order valence-corrected chi connectivity index (χ3v) is 5.24. The number of nitrogens with zero attached hydrogens (tertiary/aromatic N) is 1. The van der Waals surface area contributed by atoms with Gasteiger partial charge in [0.25, 0.3) is 11.8 Å². The smallest absolute Gasteiger partial charge is 0.310 e. The molecule has 0 saturated heterocycles. The number of halogens is 1. The van der Waals surface area contributed by atoms with Crippen LogP contribution in [0, 0.1) is 0 Å². The van der Waals surface area contributed by atoms with Crippen LogP contribution in [0.25, 0.3) is 0 Å². The normalized spacial score (nSPS) is 12.7. The number of carbonyl (C=O) groups is 3. The Morgan fingerprint density at radius 1 is 0.967 bits per heavy atom. The van der Waals surface area contributed by atoms with Crippen LogP contribution < -0.4 is 9.47 Å². The van der Waals surface area contributed by atoms with Crippen molar-refractivity contribution in [2.45, 2.75) is 20.3 Å². The third kappa shape index (κ3) is 4.64. The molecule has 0 saturated carbocycles. The summed E-state index contributed by atoms with van der Waals surface area (Å²) in [5.41, 5.74) is 1.43. The summed E-state index contributed by atoms with van der Waals surface area (Å²) in [4.78, 5) is 38.1. The maximum Gasteiger partial charge on any atom is 0.310 e. The first-order chi connectivity index (χ1) is 14.5. The van der Waals surface area contributed by atoms with E-state index in [-0.39, 0.29) is 31.4 Å². The average Bonchev–Trinajstić information content (AvgIpc) is 2.97. The highest BCUT2D eigenvalue weighted by molar-refractivity contribution is 9.10. The minimum Gasteiger partial charge on any atom is -0.490 e. The summed E-state index contributed by atoms with van der Waals surface area (Å²) in [5, 5.41) is 0. The van der Waals surface area contributed by atoms with Gasteiger partial charge in [-0.1, -0.05) is 28.1 Å². The molecule has 2 aromatic carbocycles. The van der Waals surface area contributed by atoms with Gasteiger partial charge in [0.15, 0.2) is 11.5 Å². The average molecular weight is 476 g/mol. The number of carbonyl (C=O) groups excluding carboxylic acids is 3. The zero-order valence-electron chi connectivity index (χ0n) is 16.8. The minimum absolute atomic E-state index is 0.00668. The summed E-state index contributed by atoms with van der Waals surface area (Å²) in [6, 6.07) is 10.1. The molecule has 2 aromatic rings. The van der Waals surface area contributed by atoms with Crippen LogP contribution in [-0.2, 0) is 16.0 Å². The van der Waals surface area contributed by atoms with Crippen molar-refractivity contribution < 1.29 is 28.6 Å². The lowest BCUT2D eigenvalue weighted by Crippen LogP contribution is -2.33. The van der Waals surface area contributed by atoms with Gasteiger partial charge in [-0.05, 0) is 43.7 Å². The van der Waals surface area contributed by atoms with E-state index in [9.17, 15) is 14.4 Å². The lowest BCUT2D eigenvalue weighted by atomic mass is 10.1. The Bertz CT molecular complexity index is 939. The number of esters is 1. The standard InChI is InChI=1S/C22H22BrNO6/c1-3-28-18-11-14(17(23)13-19(18)29-4-2)12-20(25)30-10-9-24-21(26)15-7-5-6-8-16(15)22(24)27/h5-8,11,13H,3-4,9-10,12H2,1-2H3. The molecule has 158 valence electrons. The van der Waals surface area contributed by atoms with Gasteiger partial charge in [-0.3, -0.25) is 19.3 Å². The Kier molecular flexibility index (Phi) is 7.10. The zero-order valence-corrected chi connectivity index (χ0v) is 18.4. The summed E-state index contributed by atoms with van der Waals surface area (Å²) in [6.07, 6.45) is 0.00911. The molecule has 0 spiro atoms. The summed E-state index contributed by atoms with van der Waals surface area (Å²) in [6.45, 7) is 4.63.